The van der Waals surface area contributed by atoms with E-state index in [1.807, 2.05) is 20.8 Å². The van der Waals surface area contributed by atoms with Gasteiger partial charge in [0.1, 0.15) is 5.60 Å². The standard InChI is InChI=1S/C11H19NO3/c1-5-8-9(13)6-7-12(8)10(14)15-11(2,3)4/h5,8-9,13H,1,6-7H2,2-4H3/t8-,9+/m1/s1. The van der Waals surface area contributed by atoms with E-state index in [2.05, 4.69) is 6.58 Å². The molecule has 1 heterocycles. The minimum absolute atomic E-state index is 0.320. The predicted octanol–water partition coefficient (Wildman–Crippen LogP) is 1.54. The lowest BCUT2D eigenvalue weighted by molar-refractivity contribution is 0.0207. The van der Waals surface area contributed by atoms with Crippen molar-refractivity contribution in [2.24, 2.45) is 0 Å². The zero-order valence-corrected chi connectivity index (χ0v) is 9.56. The van der Waals surface area contributed by atoms with Crippen molar-refractivity contribution in [1.29, 1.82) is 0 Å². The van der Waals surface area contributed by atoms with Gasteiger partial charge in [0, 0.05) is 6.54 Å². The second kappa shape index (κ2) is 4.23. The van der Waals surface area contributed by atoms with Gasteiger partial charge in [-0.3, -0.25) is 4.90 Å². The zero-order valence-electron chi connectivity index (χ0n) is 9.56. The lowest BCUT2D eigenvalue weighted by Gasteiger charge is -2.27. The monoisotopic (exact) mass is 213 g/mol. The van der Waals surface area contributed by atoms with Gasteiger partial charge in [-0.15, -0.1) is 6.58 Å². The average Bonchev–Trinajstić information content (AvgIpc) is 2.43. The van der Waals surface area contributed by atoms with Crippen LogP contribution in [0.5, 0.6) is 0 Å². The summed E-state index contributed by atoms with van der Waals surface area (Å²) in [6, 6.07) is -0.320. The Kier molecular flexibility index (Phi) is 3.39. The molecule has 0 unspecified atom stereocenters. The lowest BCUT2D eigenvalue weighted by atomic mass is 10.2. The highest BCUT2D eigenvalue weighted by atomic mass is 16.6. The Morgan fingerprint density at radius 2 is 2.20 bits per heavy atom. The van der Waals surface area contributed by atoms with Crippen LogP contribution in [0.4, 0.5) is 4.79 Å². The number of amides is 1. The number of carbonyl (C=O) groups excluding carboxylic acids is 1. The SMILES string of the molecule is C=C[C@@H]1[C@@H](O)CCN1C(=O)OC(C)(C)C. The van der Waals surface area contributed by atoms with Gasteiger partial charge in [0.25, 0.3) is 0 Å². The number of nitrogens with zero attached hydrogens (tertiary/aromatic N) is 1. The summed E-state index contributed by atoms with van der Waals surface area (Å²) >= 11 is 0. The summed E-state index contributed by atoms with van der Waals surface area (Å²) in [6.45, 7) is 9.59. The first-order valence-corrected chi connectivity index (χ1v) is 5.15. The third-order valence-electron chi connectivity index (χ3n) is 2.29. The number of aliphatic hydroxyl groups is 1. The molecule has 0 radical (unpaired) electrons. The van der Waals surface area contributed by atoms with Crippen molar-refractivity contribution in [3.63, 3.8) is 0 Å². The van der Waals surface area contributed by atoms with Gasteiger partial charge < -0.3 is 9.84 Å². The average molecular weight is 213 g/mol. The summed E-state index contributed by atoms with van der Waals surface area (Å²) in [5.74, 6) is 0. The first kappa shape index (κ1) is 12.0. The highest BCUT2D eigenvalue weighted by Crippen LogP contribution is 2.21. The van der Waals surface area contributed by atoms with E-state index in [1.54, 1.807) is 6.08 Å². The maximum atomic E-state index is 11.7. The minimum Gasteiger partial charge on any atom is -0.444 e. The molecule has 1 fully saturated rings. The summed E-state index contributed by atoms with van der Waals surface area (Å²) in [5.41, 5.74) is -0.504. The van der Waals surface area contributed by atoms with E-state index in [9.17, 15) is 9.90 Å². The third kappa shape index (κ3) is 2.96. The van der Waals surface area contributed by atoms with Crippen molar-refractivity contribution in [3.05, 3.63) is 12.7 Å². The molecule has 86 valence electrons. The van der Waals surface area contributed by atoms with Gasteiger partial charge in [0.15, 0.2) is 0 Å². The van der Waals surface area contributed by atoms with E-state index in [-0.39, 0.29) is 12.1 Å². The van der Waals surface area contributed by atoms with E-state index in [0.717, 1.165) is 0 Å². The predicted molar refractivity (Wildman–Crippen MR) is 57.5 cm³/mol. The summed E-state index contributed by atoms with van der Waals surface area (Å²) in [5, 5.41) is 9.59. The van der Waals surface area contributed by atoms with E-state index < -0.39 is 11.7 Å². The van der Waals surface area contributed by atoms with Crippen LogP contribution in [-0.2, 0) is 4.74 Å². The van der Waals surface area contributed by atoms with Crippen molar-refractivity contribution in [3.8, 4) is 0 Å². The normalized spacial score (nSPS) is 26.5. The maximum absolute atomic E-state index is 11.7. The molecule has 0 aromatic heterocycles. The van der Waals surface area contributed by atoms with Gasteiger partial charge in [0.2, 0.25) is 0 Å². The Morgan fingerprint density at radius 3 is 2.67 bits per heavy atom. The summed E-state index contributed by atoms with van der Waals surface area (Å²) in [6.07, 6.45) is 1.26. The van der Waals surface area contributed by atoms with Gasteiger partial charge in [-0.1, -0.05) is 6.08 Å². The van der Waals surface area contributed by atoms with Gasteiger partial charge >= 0.3 is 6.09 Å². The second-order valence-electron chi connectivity index (χ2n) is 4.76. The molecule has 0 bridgehead atoms. The smallest absolute Gasteiger partial charge is 0.410 e. The number of aliphatic hydroxyl groups excluding tert-OH is 1. The Morgan fingerprint density at radius 1 is 1.60 bits per heavy atom. The van der Waals surface area contributed by atoms with Crippen LogP contribution in [-0.4, -0.2) is 40.4 Å². The topological polar surface area (TPSA) is 49.8 Å². The van der Waals surface area contributed by atoms with E-state index in [1.165, 1.54) is 4.90 Å². The fourth-order valence-electron chi connectivity index (χ4n) is 1.62. The third-order valence-corrected chi connectivity index (χ3v) is 2.29. The summed E-state index contributed by atoms with van der Waals surface area (Å²) in [7, 11) is 0. The molecule has 4 nitrogen and oxygen atoms in total. The lowest BCUT2D eigenvalue weighted by Crippen LogP contribution is -2.41. The first-order chi connectivity index (χ1) is 6.85. The largest absolute Gasteiger partial charge is 0.444 e. The molecule has 15 heavy (non-hydrogen) atoms. The number of carbonyl (C=O) groups is 1. The van der Waals surface area contributed by atoms with Crippen LogP contribution in [0.1, 0.15) is 27.2 Å². The summed E-state index contributed by atoms with van der Waals surface area (Å²) in [4.78, 5) is 13.2. The molecule has 1 rings (SSSR count). The molecule has 0 saturated carbocycles. The molecule has 1 N–H and O–H groups in total. The van der Waals surface area contributed by atoms with Crippen molar-refractivity contribution in [1.82, 2.24) is 4.90 Å². The highest BCUT2D eigenvalue weighted by Gasteiger charge is 2.36. The molecule has 1 aliphatic heterocycles. The van der Waals surface area contributed by atoms with Crippen molar-refractivity contribution >= 4 is 6.09 Å². The molecule has 2 atom stereocenters. The van der Waals surface area contributed by atoms with E-state index >= 15 is 0 Å². The molecule has 4 heteroatoms. The molecule has 0 aromatic rings. The Balaban J connectivity index is 2.64. The molecular weight excluding hydrogens is 194 g/mol. The van der Waals surface area contributed by atoms with Crippen LogP contribution >= 0.6 is 0 Å². The quantitative estimate of drug-likeness (QED) is 0.672. The Bertz CT molecular complexity index is 257. The van der Waals surface area contributed by atoms with Gasteiger partial charge in [-0.25, -0.2) is 4.79 Å². The second-order valence-corrected chi connectivity index (χ2v) is 4.76. The van der Waals surface area contributed by atoms with Crippen LogP contribution < -0.4 is 0 Å². The highest BCUT2D eigenvalue weighted by molar-refractivity contribution is 5.69. The molecule has 1 saturated heterocycles. The molecule has 0 spiro atoms. The minimum atomic E-state index is -0.519. The first-order valence-electron chi connectivity index (χ1n) is 5.15. The van der Waals surface area contributed by atoms with Crippen LogP contribution in [0.2, 0.25) is 0 Å². The van der Waals surface area contributed by atoms with Gasteiger partial charge in [-0.2, -0.15) is 0 Å². The maximum Gasteiger partial charge on any atom is 0.410 e. The van der Waals surface area contributed by atoms with Crippen LogP contribution in [0, 0.1) is 0 Å². The number of ether oxygens (including phenoxy) is 1. The molecule has 0 aromatic carbocycles. The van der Waals surface area contributed by atoms with Crippen molar-refractivity contribution < 1.29 is 14.6 Å². The number of hydrogen-bond acceptors (Lipinski definition) is 3. The number of hydrogen-bond donors (Lipinski definition) is 1. The Labute approximate surface area is 90.5 Å². The van der Waals surface area contributed by atoms with E-state index in [4.69, 9.17) is 4.74 Å². The number of likely N-dealkylation sites (tertiary alicyclic amines) is 1. The van der Waals surface area contributed by atoms with Gasteiger partial charge in [0.05, 0.1) is 12.1 Å². The summed E-state index contributed by atoms with van der Waals surface area (Å²) < 4.78 is 5.23. The molecular formula is C11H19NO3. The Hall–Kier alpha value is -1.03. The fourth-order valence-corrected chi connectivity index (χ4v) is 1.62. The molecule has 1 amide bonds. The fraction of sp³-hybridized carbons (Fsp3) is 0.727. The van der Waals surface area contributed by atoms with Crippen molar-refractivity contribution in [2.45, 2.75) is 44.9 Å². The van der Waals surface area contributed by atoms with Crippen LogP contribution in [0.3, 0.4) is 0 Å². The van der Waals surface area contributed by atoms with Crippen molar-refractivity contribution in [2.75, 3.05) is 6.54 Å². The molecule has 1 aliphatic rings. The van der Waals surface area contributed by atoms with E-state index in [0.29, 0.717) is 13.0 Å². The zero-order chi connectivity index (χ0) is 11.6. The molecule has 0 aliphatic carbocycles. The van der Waals surface area contributed by atoms with Crippen LogP contribution in [0.25, 0.3) is 0 Å². The van der Waals surface area contributed by atoms with Crippen LogP contribution in [0.15, 0.2) is 12.7 Å². The number of rotatable bonds is 1. The van der Waals surface area contributed by atoms with Gasteiger partial charge in [-0.05, 0) is 27.2 Å².